The Hall–Kier alpha value is -2.73. The van der Waals surface area contributed by atoms with Crippen LogP contribution in [0.3, 0.4) is 0 Å². The molecule has 0 aliphatic carbocycles. The highest BCUT2D eigenvalue weighted by molar-refractivity contribution is 5.96. The number of hydrogen-bond acceptors (Lipinski definition) is 6. The third-order valence-electron chi connectivity index (χ3n) is 5.79. The van der Waals surface area contributed by atoms with Gasteiger partial charge in [-0.1, -0.05) is 12.1 Å². The Kier molecular flexibility index (Phi) is 6.74. The summed E-state index contributed by atoms with van der Waals surface area (Å²) in [5.41, 5.74) is 1.88. The molecule has 2 aliphatic heterocycles. The normalized spacial score (nSPS) is 16.4. The largest absolute Gasteiger partial charge is 0.495 e. The number of ketones is 1. The number of methoxy groups -OCH3 is 1. The molecule has 0 bridgehead atoms. The van der Waals surface area contributed by atoms with E-state index in [1.807, 2.05) is 30.3 Å². The molecule has 6 nitrogen and oxygen atoms in total. The van der Waals surface area contributed by atoms with Crippen molar-refractivity contribution in [3.63, 3.8) is 0 Å². The summed E-state index contributed by atoms with van der Waals surface area (Å²) >= 11 is 0. The molecule has 2 aromatic carbocycles. The van der Waals surface area contributed by atoms with E-state index in [0.717, 1.165) is 57.1 Å². The van der Waals surface area contributed by atoms with E-state index in [-0.39, 0.29) is 5.78 Å². The van der Waals surface area contributed by atoms with Gasteiger partial charge in [-0.25, -0.2) is 0 Å². The lowest BCUT2D eigenvalue weighted by atomic mass is 10.0. The molecule has 0 amide bonds. The maximum absolute atomic E-state index is 12.5. The second kappa shape index (κ2) is 9.85. The fraction of sp³-hybridized carbons (Fsp3) is 0.458. The monoisotopic (exact) mass is 410 g/mol. The number of carbonyl (C=O) groups excluding carboxylic acids is 1. The molecular weight excluding hydrogens is 380 g/mol. The fourth-order valence-electron chi connectivity index (χ4n) is 4.09. The summed E-state index contributed by atoms with van der Waals surface area (Å²) in [6.45, 7) is 6.20. The Morgan fingerprint density at radius 2 is 1.73 bits per heavy atom. The molecule has 2 heterocycles. The van der Waals surface area contributed by atoms with Gasteiger partial charge in [0.05, 0.1) is 12.8 Å². The van der Waals surface area contributed by atoms with Gasteiger partial charge in [0, 0.05) is 38.2 Å². The molecular formula is C24H30N2O4. The van der Waals surface area contributed by atoms with Crippen molar-refractivity contribution < 1.29 is 19.0 Å². The van der Waals surface area contributed by atoms with E-state index >= 15 is 0 Å². The van der Waals surface area contributed by atoms with Crippen molar-refractivity contribution in [1.29, 1.82) is 0 Å². The summed E-state index contributed by atoms with van der Waals surface area (Å²) < 4.78 is 16.6. The van der Waals surface area contributed by atoms with Crippen LogP contribution >= 0.6 is 0 Å². The van der Waals surface area contributed by atoms with Crippen LogP contribution in [0.1, 0.15) is 29.6 Å². The lowest BCUT2D eigenvalue weighted by molar-refractivity contribution is 0.0976. The van der Waals surface area contributed by atoms with Gasteiger partial charge in [-0.05, 0) is 49.7 Å². The molecule has 0 unspecified atom stereocenters. The number of ether oxygens (including phenoxy) is 3. The summed E-state index contributed by atoms with van der Waals surface area (Å²) in [6, 6.07) is 13.7. The van der Waals surface area contributed by atoms with Crippen molar-refractivity contribution in [1.82, 2.24) is 4.90 Å². The number of unbranched alkanes of at least 4 members (excludes halogenated alkanes) is 1. The van der Waals surface area contributed by atoms with Crippen LogP contribution < -0.4 is 19.1 Å². The summed E-state index contributed by atoms with van der Waals surface area (Å²) in [7, 11) is 1.72. The second-order valence-electron chi connectivity index (χ2n) is 7.74. The van der Waals surface area contributed by atoms with Crippen molar-refractivity contribution >= 4 is 11.5 Å². The predicted molar refractivity (Wildman–Crippen MR) is 117 cm³/mol. The van der Waals surface area contributed by atoms with E-state index in [0.29, 0.717) is 30.9 Å². The first-order chi connectivity index (χ1) is 14.7. The molecule has 0 atom stereocenters. The van der Waals surface area contributed by atoms with Gasteiger partial charge >= 0.3 is 0 Å². The number of hydrogen-bond donors (Lipinski definition) is 0. The van der Waals surface area contributed by atoms with E-state index in [2.05, 4.69) is 21.9 Å². The molecule has 0 N–H and O–H groups in total. The minimum absolute atomic E-state index is 0.174. The number of anilines is 1. The Labute approximate surface area is 178 Å². The number of piperazine rings is 1. The standard InChI is InChI=1S/C24H30N2O4/c1-28-22-8-3-2-6-20(22)26-14-12-25(13-15-26)11-5-4-7-21(27)19-9-10-23-24(18-19)30-17-16-29-23/h2-3,6,8-10,18H,4-5,7,11-17H2,1H3. The number of Topliss-reactive ketones (excluding diaryl/α,β-unsaturated/α-hetero) is 1. The van der Waals surface area contributed by atoms with Gasteiger partial charge < -0.3 is 19.1 Å². The van der Waals surface area contributed by atoms with Gasteiger partial charge in [0.15, 0.2) is 17.3 Å². The topological polar surface area (TPSA) is 51.2 Å². The summed E-state index contributed by atoms with van der Waals surface area (Å²) in [5, 5.41) is 0. The van der Waals surface area contributed by atoms with Crippen LogP contribution in [-0.4, -0.2) is 63.7 Å². The van der Waals surface area contributed by atoms with Gasteiger partial charge in [-0.15, -0.1) is 0 Å². The maximum Gasteiger partial charge on any atom is 0.163 e. The van der Waals surface area contributed by atoms with E-state index in [4.69, 9.17) is 14.2 Å². The average molecular weight is 411 g/mol. The van der Waals surface area contributed by atoms with Crippen LogP contribution in [0.4, 0.5) is 5.69 Å². The number of rotatable bonds is 8. The summed E-state index contributed by atoms with van der Waals surface area (Å²) in [4.78, 5) is 17.4. The zero-order valence-corrected chi connectivity index (χ0v) is 17.6. The Morgan fingerprint density at radius 3 is 2.53 bits per heavy atom. The third kappa shape index (κ3) is 4.87. The van der Waals surface area contributed by atoms with E-state index in [1.54, 1.807) is 7.11 Å². The zero-order chi connectivity index (χ0) is 20.8. The fourth-order valence-corrected chi connectivity index (χ4v) is 4.09. The Balaban J connectivity index is 1.18. The van der Waals surface area contributed by atoms with Crippen LogP contribution in [0.15, 0.2) is 42.5 Å². The molecule has 0 saturated carbocycles. The maximum atomic E-state index is 12.5. The van der Waals surface area contributed by atoms with Crippen molar-refractivity contribution in [3.8, 4) is 17.2 Å². The highest BCUT2D eigenvalue weighted by Gasteiger charge is 2.19. The first kappa shape index (κ1) is 20.5. The zero-order valence-electron chi connectivity index (χ0n) is 17.6. The van der Waals surface area contributed by atoms with Crippen LogP contribution in [-0.2, 0) is 0 Å². The first-order valence-corrected chi connectivity index (χ1v) is 10.8. The van der Waals surface area contributed by atoms with Crippen molar-refractivity contribution in [3.05, 3.63) is 48.0 Å². The lowest BCUT2D eigenvalue weighted by Crippen LogP contribution is -2.46. The number of nitrogens with zero attached hydrogens (tertiary/aromatic N) is 2. The van der Waals surface area contributed by atoms with Gasteiger partial charge in [0.2, 0.25) is 0 Å². The number of carbonyl (C=O) groups is 1. The average Bonchev–Trinajstić information content (AvgIpc) is 2.81. The van der Waals surface area contributed by atoms with Crippen LogP contribution in [0.5, 0.6) is 17.2 Å². The van der Waals surface area contributed by atoms with Gasteiger partial charge in [0.25, 0.3) is 0 Å². The molecule has 6 heteroatoms. The van der Waals surface area contributed by atoms with Crippen molar-refractivity contribution in [2.75, 3.05) is 57.9 Å². The highest BCUT2D eigenvalue weighted by Crippen LogP contribution is 2.31. The summed E-state index contributed by atoms with van der Waals surface area (Å²) in [6.07, 6.45) is 2.51. The Morgan fingerprint density at radius 1 is 0.967 bits per heavy atom. The number of para-hydroxylation sites is 2. The molecule has 1 fully saturated rings. The lowest BCUT2D eigenvalue weighted by Gasteiger charge is -2.36. The molecule has 0 spiro atoms. The van der Waals surface area contributed by atoms with Gasteiger partial charge in [0.1, 0.15) is 19.0 Å². The number of fused-ring (bicyclic) bond motifs is 1. The molecule has 30 heavy (non-hydrogen) atoms. The molecule has 160 valence electrons. The number of benzene rings is 2. The van der Waals surface area contributed by atoms with Gasteiger partial charge in [-0.3, -0.25) is 9.69 Å². The molecule has 4 rings (SSSR count). The molecule has 2 aromatic rings. The first-order valence-electron chi connectivity index (χ1n) is 10.8. The minimum atomic E-state index is 0.174. The second-order valence-corrected chi connectivity index (χ2v) is 7.74. The molecule has 0 aromatic heterocycles. The third-order valence-corrected chi connectivity index (χ3v) is 5.79. The highest BCUT2D eigenvalue weighted by atomic mass is 16.6. The SMILES string of the molecule is COc1ccccc1N1CCN(CCCCC(=O)c2ccc3c(c2)OCCO3)CC1. The van der Waals surface area contributed by atoms with Gasteiger partial charge in [-0.2, -0.15) is 0 Å². The van der Waals surface area contributed by atoms with Crippen LogP contribution in [0.2, 0.25) is 0 Å². The molecule has 0 radical (unpaired) electrons. The van der Waals surface area contributed by atoms with E-state index in [1.165, 1.54) is 5.69 Å². The van der Waals surface area contributed by atoms with E-state index in [9.17, 15) is 4.79 Å². The predicted octanol–water partition coefficient (Wildman–Crippen LogP) is 3.64. The quantitative estimate of drug-likeness (QED) is 0.489. The van der Waals surface area contributed by atoms with E-state index < -0.39 is 0 Å². The molecule has 2 aliphatic rings. The van der Waals surface area contributed by atoms with Crippen molar-refractivity contribution in [2.24, 2.45) is 0 Å². The summed E-state index contributed by atoms with van der Waals surface area (Å²) in [5.74, 6) is 2.52. The van der Waals surface area contributed by atoms with Crippen LogP contribution in [0, 0.1) is 0 Å². The minimum Gasteiger partial charge on any atom is -0.495 e. The Bertz CT molecular complexity index is 862. The van der Waals surface area contributed by atoms with Crippen molar-refractivity contribution in [2.45, 2.75) is 19.3 Å². The molecule has 1 saturated heterocycles. The van der Waals surface area contributed by atoms with Crippen LogP contribution in [0.25, 0.3) is 0 Å². The smallest absolute Gasteiger partial charge is 0.163 e.